The highest BCUT2D eigenvalue weighted by molar-refractivity contribution is 5.75. The van der Waals surface area contributed by atoms with Crippen molar-refractivity contribution >= 4 is 5.91 Å². The molecule has 112 valence electrons. The Labute approximate surface area is 118 Å². The number of hydrogen-bond acceptors (Lipinski definition) is 5. The molecule has 1 fully saturated rings. The molecule has 1 amide bonds. The molecule has 0 aliphatic heterocycles. The van der Waals surface area contributed by atoms with Crippen molar-refractivity contribution in [3.63, 3.8) is 0 Å². The average Bonchev–Trinajstić information content (AvgIpc) is 3.04. The summed E-state index contributed by atoms with van der Waals surface area (Å²) in [7, 11) is 0. The molecule has 1 saturated carbocycles. The predicted octanol–water partition coefficient (Wildman–Crippen LogP) is 1.23. The number of nitrogens with zero attached hydrogens (tertiary/aromatic N) is 2. The average molecular weight is 281 g/mol. The van der Waals surface area contributed by atoms with Gasteiger partial charge >= 0.3 is 0 Å². The SMILES string of the molecule is CCCc1noc(CCC(=O)NCC2CCC(O)C2)n1. The smallest absolute Gasteiger partial charge is 0.227 e. The minimum absolute atomic E-state index is 0.00151. The zero-order chi connectivity index (χ0) is 14.4. The van der Waals surface area contributed by atoms with Crippen LogP contribution in [0.25, 0.3) is 0 Å². The van der Waals surface area contributed by atoms with Gasteiger partial charge in [-0.3, -0.25) is 4.79 Å². The molecule has 0 spiro atoms. The highest BCUT2D eigenvalue weighted by Gasteiger charge is 2.22. The Morgan fingerprint density at radius 3 is 3.00 bits per heavy atom. The van der Waals surface area contributed by atoms with Gasteiger partial charge in [-0.25, -0.2) is 0 Å². The summed E-state index contributed by atoms with van der Waals surface area (Å²) >= 11 is 0. The van der Waals surface area contributed by atoms with E-state index in [2.05, 4.69) is 22.4 Å². The van der Waals surface area contributed by atoms with Crippen molar-refractivity contribution in [1.82, 2.24) is 15.5 Å². The number of rotatable bonds is 7. The summed E-state index contributed by atoms with van der Waals surface area (Å²) < 4.78 is 5.09. The highest BCUT2D eigenvalue weighted by Crippen LogP contribution is 2.24. The maximum Gasteiger partial charge on any atom is 0.227 e. The molecule has 0 aromatic carbocycles. The van der Waals surface area contributed by atoms with Gasteiger partial charge in [0.1, 0.15) is 0 Å². The molecule has 2 unspecified atom stereocenters. The molecule has 2 rings (SSSR count). The first-order chi connectivity index (χ1) is 9.67. The van der Waals surface area contributed by atoms with Crippen molar-refractivity contribution in [2.24, 2.45) is 5.92 Å². The molecule has 6 nitrogen and oxygen atoms in total. The molecule has 6 heteroatoms. The fourth-order valence-electron chi connectivity index (χ4n) is 2.52. The summed E-state index contributed by atoms with van der Waals surface area (Å²) in [5, 5.41) is 16.2. The van der Waals surface area contributed by atoms with Crippen molar-refractivity contribution in [3.8, 4) is 0 Å². The van der Waals surface area contributed by atoms with E-state index in [0.29, 0.717) is 37.0 Å². The number of amides is 1. The van der Waals surface area contributed by atoms with Gasteiger partial charge in [-0.1, -0.05) is 12.1 Å². The highest BCUT2D eigenvalue weighted by atomic mass is 16.5. The third kappa shape index (κ3) is 4.59. The van der Waals surface area contributed by atoms with Gasteiger partial charge in [0.25, 0.3) is 0 Å². The van der Waals surface area contributed by atoms with Gasteiger partial charge < -0.3 is 14.9 Å². The van der Waals surface area contributed by atoms with Crippen LogP contribution in [-0.4, -0.2) is 33.8 Å². The number of carbonyl (C=O) groups is 1. The van der Waals surface area contributed by atoms with Crippen LogP contribution in [-0.2, 0) is 17.6 Å². The van der Waals surface area contributed by atoms with Gasteiger partial charge in [0.05, 0.1) is 6.10 Å². The Hall–Kier alpha value is -1.43. The maximum atomic E-state index is 11.7. The molecule has 1 aromatic heterocycles. The minimum Gasteiger partial charge on any atom is -0.393 e. The second kappa shape index (κ2) is 7.38. The standard InChI is InChI=1S/C14H23N3O3/c1-2-3-12-16-14(20-17-12)7-6-13(19)15-9-10-4-5-11(18)8-10/h10-11,18H,2-9H2,1H3,(H,15,19). The molecule has 1 aliphatic carbocycles. The predicted molar refractivity (Wildman–Crippen MR) is 73.0 cm³/mol. The first kappa shape index (κ1) is 15.0. The van der Waals surface area contributed by atoms with E-state index in [0.717, 1.165) is 32.1 Å². The monoisotopic (exact) mass is 281 g/mol. The van der Waals surface area contributed by atoms with Crippen molar-refractivity contribution in [1.29, 1.82) is 0 Å². The summed E-state index contributed by atoms with van der Waals surface area (Å²) in [6.45, 7) is 2.71. The Bertz CT molecular complexity index is 433. The lowest BCUT2D eigenvalue weighted by molar-refractivity contribution is -0.121. The molecular weight excluding hydrogens is 258 g/mol. The number of aryl methyl sites for hydroxylation is 2. The zero-order valence-electron chi connectivity index (χ0n) is 12.0. The van der Waals surface area contributed by atoms with Crippen LogP contribution in [0.5, 0.6) is 0 Å². The van der Waals surface area contributed by atoms with E-state index in [1.54, 1.807) is 0 Å². The number of hydrogen-bond donors (Lipinski definition) is 2. The fraction of sp³-hybridized carbons (Fsp3) is 0.786. The number of nitrogens with one attached hydrogen (secondary N) is 1. The topological polar surface area (TPSA) is 88.2 Å². The minimum atomic E-state index is -0.188. The molecule has 1 aliphatic rings. The van der Waals surface area contributed by atoms with Crippen molar-refractivity contribution < 1.29 is 14.4 Å². The van der Waals surface area contributed by atoms with Crippen LogP contribution in [0.15, 0.2) is 4.52 Å². The Morgan fingerprint density at radius 1 is 1.45 bits per heavy atom. The lowest BCUT2D eigenvalue weighted by Gasteiger charge is -2.10. The molecule has 1 aromatic rings. The maximum absolute atomic E-state index is 11.7. The lowest BCUT2D eigenvalue weighted by atomic mass is 10.1. The zero-order valence-corrected chi connectivity index (χ0v) is 12.0. The largest absolute Gasteiger partial charge is 0.393 e. The summed E-state index contributed by atoms with van der Waals surface area (Å²) in [4.78, 5) is 16.0. The molecule has 0 bridgehead atoms. The van der Waals surface area contributed by atoms with Crippen LogP contribution >= 0.6 is 0 Å². The van der Waals surface area contributed by atoms with Gasteiger partial charge in [0, 0.05) is 25.8 Å². The van der Waals surface area contributed by atoms with Gasteiger partial charge in [-0.05, 0) is 31.6 Å². The number of aliphatic hydroxyl groups is 1. The van der Waals surface area contributed by atoms with Crippen LogP contribution < -0.4 is 5.32 Å². The van der Waals surface area contributed by atoms with E-state index >= 15 is 0 Å². The number of carbonyl (C=O) groups excluding carboxylic acids is 1. The number of aromatic nitrogens is 2. The normalized spacial score (nSPS) is 22.1. The molecule has 20 heavy (non-hydrogen) atoms. The first-order valence-corrected chi connectivity index (χ1v) is 7.43. The van der Waals surface area contributed by atoms with E-state index in [-0.39, 0.29) is 12.0 Å². The van der Waals surface area contributed by atoms with E-state index in [4.69, 9.17) is 4.52 Å². The summed E-state index contributed by atoms with van der Waals surface area (Å²) in [6.07, 6.45) is 5.08. The van der Waals surface area contributed by atoms with Crippen molar-refractivity contribution in [3.05, 3.63) is 11.7 Å². The van der Waals surface area contributed by atoms with E-state index in [9.17, 15) is 9.90 Å². The van der Waals surface area contributed by atoms with Gasteiger partial charge in [-0.2, -0.15) is 4.98 Å². The molecule has 2 atom stereocenters. The first-order valence-electron chi connectivity index (χ1n) is 7.43. The molecule has 2 N–H and O–H groups in total. The van der Waals surface area contributed by atoms with Crippen LogP contribution in [0.4, 0.5) is 0 Å². The summed E-state index contributed by atoms with van der Waals surface area (Å²) in [5.41, 5.74) is 0. The third-order valence-electron chi connectivity index (χ3n) is 3.65. The van der Waals surface area contributed by atoms with E-state index in [1.807, 2.05) is 0 Å². The van der Waals surface area contributed by atoms with Crippen molar-refractivity contribution in [2.45, 2.75) is 58.0 Å². The van der Waals surface area contributed by atoms with Crippen LogP contribution in [0, 0.1) is 5.92 Å². The Kier molecular flexibility index (Phi) is 5.52. The molecule has 0 radical (unpaired) electrons. The number of aliphatic hydroxyl groups excluding tert-OH is 1. The second-order valence-electron chi connectivity index (χ2n) is 5.49. The summed E-state index contributed by atoms with van der Waals surface area (Å²) in [5.74, 6) is 1.65. The van der Waals surface area contributed by atoms with Gasteiger partial charge in [0.15, 0.2) is 5.82 Å². The third-order valence-corrected chi connectivity index (χ3v) is 3.65. The summed E-state index contributed by atoms with van der Waals surface area (Å²) in [6, 6.07) is 0. The molecular formula is C14H23N3O3. The Balaban J connectivity index is 1.64. The molecule has 1 heterocycles. The van der Waals surface area contributed by atoms with Crippen LogP contribution in [0.1, 0.15) is 50.7 Å². The van der Waals surface area contributed by atoms with E-state index in [1.165, 1.54) is 0 Å². The Morgan fingerprint density at radius 2 is 2.30 bits per heavy atom. The van der Waals surface area contributed by atoms with E-state index < -0.39 is 0 Å². The quantitative estimate of drug-likeness (QED) is 0.785. The van der Waals surface area contributed by atoms with Crippen molar-refractivity contribution in [2.75, 3.05) is 6.54 Å². The molecule has 0 saturated heterocycles. The lowest BCUT2D eigenvalue weighted by Crippen LogP contribution is -2.28. The fourth-order valence-corrected chi connectivity index (χ4v) is 2.52. The van der Waals surface area contributed by atoms with Crippen LogP contribution in [0.3, 0.4) is 0 Å². The van der Waals surface area contributed by atoms with Gasteiger partial charge in [-0.15, -0.1) is 0 Å². The van der Waals surface area contributed by atoms with Crippen LogP contribution in [0.2, 0.25) is 0 Å². The second-order valence-corrected chi connectivity index (χ2v) is 5.49. The van der Waals surface area contributed by atoms with Gasteiger partial charge in [0.2, 0.25) is 11.8 Å².